The molecule has 1 aliphatic heterocycles. The number of amides is 1. The standard InChI is InChI=1S/C17H12FN3OS2/c18-11-6-2-1-5-10(11)9-14-15(22)20-17(24-14)21-16-19-12-7-3-4-8-13(12)23-16/h1-8,14H,9H2,(H,19,20,21,22). The second-order valence-electron chi connectivity index (χ2n) is 5.27. The monoisotopic (exact) mass is 357 g/mol. The van der Waals surface area contributed by atoms with Crippen LogP contribution in [0.1, 0.15) is 5.56 Å². The van der Waals surface area contributed by atoms with Gasteiger partial charge >= 0.3 is 0 Å². The second-order valence-corrected chi connectivity index (χ2v) is 7.47. The molecule has 0 bridgehead atoms. The van der Waals surface area contributed by atoms with Crippen molar-refractivity contribution < 1.29 is 9.18 Å². The van der Waals surface area contributed by atoms with Crippen LogP contribution in [0.15, 0.2) is 53.5 Å². The molecule has 1 amide bonds. The molecule has 1 saturated heterocycles. The van der Waals surface area contributed by atoms with E-state index in [-0.39, 0.29) is 17.0 Å². The molecule has 3 aromatic rings. The van der Waals surface area contributed by atoms with Gasteiger partial charge in [0.2, 0.25) is 11.0 Å². The van der Waals surface area contributed by atoms with Gasteiger partial charge in [0.25, 0.3) is 0 Å². The summed E-state index contributed by atoms with van der Waals surface area (Å²) in [5, 5.41) is 3.49. The van der Waals surface area contributed by atoms with E-state index in [9.17, 15) is 9.18 Å². The zero-order chi connectivity index (χ0) is 16.5. The van der Waals surface area contributed by atoms with Crippen molar-refractivity contribution in [2.24, 2.45) is 4.99 Å². The molecule has 24 heavy (non-hydrogen) atoms. The number of aliphatic imine (C=N–C) groups is 1. The average Bonchev–Trinajstić information content (AvgIpc) is 3.12. The Hall–Kier alpha value is -2.25. The summed E-state index contributed by atoms with van der Waals surface area (Å²) < 4.78 is 14.8. The molecule has 4 rings (SSSR count). The molecule has 1 unspecified atom stereocenters. The summed E-state index contributed by atoms with van der Waals surface area (Å²) in [7, 11) is 0. The number of nitrogens with one attached hydrogen (secondary N) is 1. The Bertz CT molecular complexity index is 921. The number of thiazole rings is 1. The van der Waals surface area contributed by atoms with Crippen molar-refractivity contribution in [3.63, 3.8) is 0 Å². The van der Waals surface area contributed by atoms with Gasteiger partial charge in [-0.15, -0.1) is 0 Å². The maximum atomic E-state index is 13.8. The quantitative estimate of drug-likeness (QED) is 0.773. The minimum absolute atomic E-state index is 0.150. The fraction of sp³-hybridized carbons (Fsp3) is 0.118. The van der Waals surface area contributed by atoms with Crippen LogP contribution in [0, 0.1) is 5.82 Å². The molecule has 4 nitrogen and oxygen atoms in total. The summed E-state index contributed by atoms with van der Waals surface area (Å²) in [6.45, 7) is 0. The van der Waals surface area contributed by atoms with Crippen LogP contribution >= 0.6 is 23.1 Å². The van der Waals surface area contributed by atoms with Crippen molar-refractivity contribution in [3.8, 4) is 0 Å². The smallest absolute Gasteiger partial charge is 0.239 e. The van der Waals surface area contributed by atoms with Crippen LogP contribution in [0.5, 0.6) is 0 Å². The Labute approximate surface area is 145 Å². The Morgan fingerprint density at radius 2 is 1.96 bits per heavy atom. The number of benzene rings is 2. The number of para-hydroxylation sites is 1. The van der Waals surface area contributed by atoms with Crippen molar-refractivity contribution in [2.75, 3.05) is 0 Å². The molecule has 1 aliphatic rings. The van der Waals surface area contributed by atoms with E-state index < -0.39 is 0 Å². The van der Waals surface area contributed by atoms with Gasteiger partial charge in [-0.3, -0.25) is 4.79 Å². The molecule has 1 N–H and O–H groups in total. The third-order valence-corrected chi connectivity index (χ3v) is 5.63. The SMILES string of the molecule is O=C1N/C(=N/c2nc3ccccc3s2)SC1Cc1ccccc1F. The molecule has 120 valence electrons. The first-order valence-electron chi connectivity index (χ1n) is 7.34. The highest BCUT2D eigenvalue weighted by atomic mass is 32.2. The number of hydrogen-bond donors (Lipinski definition) is 1. The van der Waals surface area contributed by atoms with Gasteiger partial charge in [-0.25, -0.2) is 9.37 Å². The molecule has 0 aliphatic carbocycles. The lowest BCUT2D eigenvalue weighted by Gasteiger charge is -2.05. The highest BCUT2D eigenvalue weighted by Gasteiger charge is 2.31. The lowest BCUT2D eigenvalue weighted by atomic mass is 10.1. The topological polar surface area (TPSA) is 54.4 Å². The summed E-state index contributed by atoms with van der Waals surface area (Å²) in [6, 6.07) is 14.3. The molecular formula is C17H12FN3OS2. The van der Waals surface area contributed by atoms with E-state index in [0.29, 0.717) is 22.3 Å². The molecule has 1 atom stereocenters. The maximum Gasteiger partial charge on any atom is 0.239 e. The van der Waals surface area contributed by atoms with Gasteiger partial charge < -0.3 is 5.32 Å². The third-order valence-electron chi connectivity index (χ3n) is 3.62. The highest BCUT2D eigenvalue weighted by Crippen LogP contribution is 2.31. The molecule has 2 heterocycles. The lowest BCUT2D eigenvalue weighted by Crippen LogP contribution is -2.26. The number of carbonyl (C=O) groups is 1. The second kappa shape index (κ2) is 6.33. The molecule has 1 aromatic heterocycles. The average molecular weight is 357 g/mol. The molecule has 2 aromatic carbocycles. The van der Waals surface area contributed by atoms with Gasteiger partial charge in [0.15, 0.2) is 5.17 Å². The highest BCUT2D eigenvalue weighted by molar-refractivity contribution is 8.15. The third kappa shape index (κ3) is 3.05. The zero-order valence-corrected chi connectivity index (χ0v) is 14.0. The summed E-state index contributed by atoms with van der Waals surface area (Å²) in [4.78, 5) is 21.0. The summed E-state index contributed by atoms with van der Waals surface area (Å²) in [5.41, 5.74) is 1.42. The van der Waals surface area contributed by atoms with Crippen molar-refractivity contribution in [1.29, 1.82) is 0 Å². The number of thioether (sulfide) groups is 1. The lowest BCUT2D eigenvalue weighted by molar-refractivity contribution is -0.118. The number of fused-ring (bicyclic) bond motifs is 1. The minimum atomic E-state index is -0.380. The van der Waals surface area contributed by atoms with Crippen LogP contribution in [0.2, 0.25) is 0 Å². The van der Waals surface area contributed by atoms with Crippen LogP contribution in [-0.2, 0) is 11.2 Å². The van der Waals surface area contributed by atoms with Crippen LogP contribution in [0.4, 0.5) is 9.52 Å². The maximum absolute atomic E-state index is 13.8. The molecule has 7 heteroatoms. The number of carbonyl (C=O) groups excluding carboxylic acids is 1. The summed E-state index contributed by atoms with van der Waals surface area (Å²) in [6.07, 6.45) is 0.335. The molecule has 0 spiro atoms. The van der Waals surface area contributed by atoms with E-state index in [1.165, 1.54) is 29.2 Å². The number of aromatic nitrogens is 1. The molecule has 0 radical (unpaired) electrons. The summed E-state index contributed by atoms with van der Waals surface area (Å²) in [5.74, 6) is -0.439. The Morgan fingerprint density at radius 3 is 2.79 bits per heavy atom. The molecular weight excluding hydrogens is 345 g/mol. The van der Waals surface area contributed by atoms with E-state index in [2.05, 4.69) is 15.3 Å². The van der Waals surface area contributed by atoms with E-state index in [1.807, 2.05) is 24.3 Å². The number of hydrogen-bond acceptors (Lipinski definition) is 5. The number of amidine groups is 1. The zero-order valence-electron chi connectivity index (χ0n) is 12.4. The summed E-state index contributed by atoms with van der Waals surface area (Å²) >= 11 is 2.79. The van der Waals surface area contributed by atoms with Gasteiger partial charge in [-0.1, -0.05) is 53.4 Å². The normalized spacial score (nSPS) is 19.1. The van der Waals surface area contributed by atoms with Gasteiger partial charge in [-0.05, 0) is 30.2 Å². The van der Waals surface area contributed by atoms with E-state index in [0.717, 1.165) is 10.2 Å². The predicted molar refractivity (Wildman–Crippen MR) is 96.3 cm³/mol. The number of halogens is 1. The first-order chi connectivity index (χ1) is 11.7. The Kier molecular flexibility index (Phi) is 4.03. The number of nitrogens with zero attached hydrogens (tertiary/aromatic N) is 2. The fourth-order valence-corrected chi connectivity index (χ4v) is 4.35. The predicted octanol–water partition coefficient (Wildman–Crippen LogP) is 3.90. The van der Waals surface area contributed by atoms with Crippen molar-refractivity contribution in [1.82, 2.24) is 10.3 Å². The molecule has 1 fully saturated rings. The van der Waals surface area contributed by atoms with Gasteiger partial charge in [0.05, 0.1) is 15.5 Å². The minimum Gasteiger partial charge on any atom is -0.304 e. The van der Waals surface area contributed by atoms with E-state index in [1.54, 1.807) is 18.2 Å². The first-order valence-corrected chi connectivity index (χ1v) is 9.04. The van der Waals surface area contributed by atoms with E-state index in [4.69, 9.17) is 0 Å². The van der Waals surface area contributed by atoms with Crippen LogP contribution in [0.3, 0.4) is 0 Å². The fourth-order valence-electron chi connectivity index (χ4n) is 2.45. The van der Waals surface area contributed by atoms with Crippen molar-refractivity contribution >= 4 is 49.5 Å². The Morgan fingerprint density at radius 1 is 1.17 bits per heavy atom. The van der Waals surface area contributed by atoms with Gasteiger partial charge in [-0.2, -0.15) is 4.99 Å². The number of rotatable bonds is 3. The van der Waals surface area contributed by atoms with Crippen molar-refractivity contribution in [3.05, 3.63) is 59.9 Å². The Balaban J connectivity index is 1.54. The van der Waals surface area contributed by atoms with Gasteiger partial charge in [0, 0.05) is 0 Å². The van der Waals surface area contributed by atoms with Crippen molar-refractivity contribution in [2.45, 2.75) is 11.7 Å². The van der Waals surface area contributed by atoms with E-state index >= 15 is 0 Å². The van der Waals surface area contributed by atoms with Crippen LogP contribution in [0.25, 0.3) is 10.2 Å². The molecule has 0 saturated carbocycles. The van der Waals surface area contributed by atoms with Crippen LogP contribution < -0.4 is 5.32 Å². The first kappa shape index (κ1) is 15.3. The van der Waals surface area contributed by atoms with Gasteiger partial charge in [0.1, 0.15) is 5.82 Å². The van der Waals surface area contributed by atoms with Crippen LogP contribution in [-0.4, -0.2) is 21.3 Å². The largest absolute Gasteiger partial charge is 0.304 e.